The van der Waals surface area contributed by atoms with Gasteiger partial charge in [0.15, 0.2) is 17.3 Å². The molecule has 0 saturated heterocycles. The first kappa shape index (κ1) is 15.3. The maximum absolute atomic E-state index is 13.6. The van der Waals surface area contributed by atoms with Crippen LogP contribution in [0.4, 0.5) is 20.2 Å². The lowest BCUT2D eigenvalue weighted by molar-refractivity contribution is -0.384. The molecule has 106 valence electrons. The summed E-state index contributed by atoms with van der Waals surface area (Å²) >= 11 is 0. The van der Waals surface area contributed by atoms with Crippen LogP contribution >= 0.6 is 0 Å². The van der Waals surface area contributed by atoms with E-state index >= 15 is 0 Å². The monoisotopic (exact) mass is 274 g/mol. The first-order valence-corrected chi connectivity index (χ1v) is 5.81. The Morgan fingerprint density at radius 1 is 1.47 bits per heavy atom. The van der Waals surface area contributed by atoms with E-state index in [1.165, 1.54) is 0 Å². The molecule has 7 heteroatoms. The minimum absolute atomic E-state index is 0.0984. The minimum atomic E-state index is -1.29. The van der Waals surface area contributed by atoms with E-state index in [9.17, 15) is 24.0 Å². The summed E-state index contributed by atoms with van der Waals surface area (Å²) in [6, 6.07) is 1.62. The summed E-state index contributed by atoms with van der Waals surface area (Å²) in [5.41, 5.74) is -1.58. The summed E-state index contributed by atoms with van der Waals surface area (Å²) in [6.45, 7) is 3.50. The average molecular weight is 274 g/mol. The maximum atomic E-state index is 13.6. The highest BCUT2D eigenvalue weighted by atomic mass is 19.2. The number of nitrogens with zero attached hydrogens (tertiary/aromatic N) is 1. The van der Waals surface area contributed by atoms with Gasteiger partial charge in [-0.1, -0.05) is 13.8 Å². The van der Waals surface area contributed by atoms with E-state index in [0.717, 1.165) is 6.07 Å². The Bertz CT molecular complexity index is 476. The van der Waals surface area contributed by atoms with Crippen molar-refractivity contribution >= 4 is 11.4 Å². The summed E-state index contributed by atoms with van der Waals surface area (Å²) in [5.74, 6) is -2.44. The zero-order chi connectivity index (χ0) is 14.6. The van der Waals surface area contributed by atoms with Gasteiger partial charge >= 0.3 is 0 Å². The Morgan fingerprint density at radius 3 is 2.58 bits per heavy atom. The van der Waals surface area contributed by atoms with Crippen LogP contribution in [0.15, 0.2) is 12.1 Å². The topological polar surface area (TPSA) is 75.4 Å². The van der Waals surface area contributed by atoms with E-state index < -0.39 is 33.3 Å². The summed E-state index contributed by atoms with van der Waals surface area (Å²) in [7, 11) is 0. The van der Waals surface area contributed by atoms with Crippen molar-refractivity contribution in [3.05, 3.63) is 33.9 Å². The van der Waals surface area contributed by atoms with Crippen molar-refractivity contribution < 1.29 is 18.8 Å². The first-order chi connectivity index (χ1) is 8.84. The molecule has 2 N–H and O–H groups in total. The molecule has 0 aromatic heterocycles. The van der Waals surface area contributed by atoms with E-state index in [4.69, 9.17) is 0 Å². The third-order valence-corrected chi connectivity index (χ3v) is 3.20. The number of hydrogen-bond donors (Lipinski definition) is 2. The van der Waals surface area contributed by atoms with Gasteiger partial charge in [-0.3, -0.25) is 10.1 Å². The standard InChI is InChI=1S/C12H16F2N2O3/c1-3-12(2,7-17)6-15-11-9(16(18)19)5-4-8(13)10(11)14/h4-5,15,17H,3,6-7H2,1-2H3. The molecule has 1 aromatic rings. The second-order valence-electron chi connectivity index (χ2n) is 4.69. The molecule has 0 spiro atoms. The molecule has 0 aliphatic carbocycles. The number of nitrogens with one attached hydrogen (secondary N) is 1. The van der Waals surface area contributed by atoms with Crippen molar-refractivity contribution in [2.75, 3.05) is 18.5 Å². The molecule has 0 amide bonds. The molecule has 0 fully saturated rings. The molecule has 0 radical (unpaired) electrons. The molecule has 19 heavy (non-hydrogen) atoms. The Balaban J connectivity index is 3.06. The van der Waals surface area contributed by atoms with Gasteiger partial charge in [0.05, 0.1) is 11.5 Å². The molecule has 0 saturated carbocycles. The quantitative estimate of drug-likeness (QED) is 0.617. The number of aliphatic hydroxyl groups is 1. The molecule has 1 rings (SSSR count). The highest BCUT2D eigenvalue weighted by Gasteiger charge is 2.26. The zero-order valence-electron chi connectivity index (χ0n) is 10.7. The van der Waals surface area contributed by atoms with Crippen molar-refractivity contribution in [3.63, 3.8) is 0 Å². The minimum Gasteiger partial charge on any atom is -0.396 e. The third-order valence-electron chi connectivity index (χ3n) is 3.20. The summed E-state index contributed by atoms with van der Waals surface area (Å²) in [5, 5.41) is 22.5. The van der Waals surface area contributed by atoms with Gasteiger partial charge in [0.2, 0.25) is 0 Å². The average Bonchev–Trinajstić information content (AvgIpc) is 2.39. The number of anilines is 1. The zero-order valence-corrected chi connectivity index (χ0v) is 10.7. The highest BCUT2D eigenvalue weighted by molar-refractivity contribution is 5.62. The Morgan fingerprint density at radius 2 is 2.11 bits per heavy atom. The van der Waals surface area contributed by atoms with Gasteiger partial charge in [-0.05, 0) is 12.5 Å². The summed E-state index contributed by atoms with van der Waals surface area (Å²) in [4.78, 5) is 9.99. The molecule has 0 aliphatic heterocycles. The van der Waals surface area contributed by atoms with Gasteiger partial charge < -0.3 is 10.4 Å². The van der Waals surface area contributed by atoms with Crippen molar-refractivity contribution in [2.24, 2.45) is 5.41 Å². The number of benzene rings is 1. The van der Waals surface area contributed by atoms with Crippen LogP contribution in [0.1, 0.15) is 20.3 Å². The predicted octanol–water partition coefficient (Wildman–Crippen LogP) is 2.69. The van der Waals surface area contributed by atoms with Gasteiger partial charge in [-0.15, -0.1) is 0 Å². The SMILES string of the molecule is CCC(C)(CO)CNc1c([N+](=O)[O-])ccc(F)c1F. The highest BCUT2D eigenvalue weighted by Crippen LogP contribution is 2.30. The van der Waals surface area contributed by atoms with Crippen LogP contribution in [0.3, 0.4) is 0 Å². The maximum Gasteiger partial charge on any atom is 0.295 e. The molecule has 1 atom stereocenters. The van der Waals surface area contributed by atoms with Gasteiger partial charge in [0, 0.05) is 18.0 Å². The Labute approximate surface area is 109 Å². The second kappa shape index (κ2) is 5.92. The molecule has 0 heterocycles. The summed E-state index contributed by atoms with van der Waals surface area (Å²) < 4.78 is 26.7. The van der Waals surface area contributed by atoms with Crippen LogP contribution in [0.25, 0.3) is 0 Å². The molecular weight excluding hydrogens is 258 g/mol. The third kappa shape index (κ3) is 3.37. The van der Waals surface area contributed by atoms with E-state index in [0.29, 0.717) is 12.5 Å². The number of rotatable bonds is 6. The van der Waals surface area contributed by atoms with Crippen molar-refractivity contribution in [1.29, 1.82) is 0 Å². The van der Waals surface area contributed by atoms with Gasteiger partial charge in [-0.25, -0.2) is 8.78 Å². The lowest BCUT2D eigenvalue weighted by Crippen LogP contribution is -2.30. The number of hydrogen-bond acceptors (Lipinski definition) is 4. The fraction of sp³-hybridized carbons (Fsp3) is 0.500. The Hall–Kier alpha value is -1.76. The smallest absolute Gasteiger partial charge is 0.295 e. The fourth-order valence-corrected chi connectivity index (χ4v) is 1.46. The number of nitro groups is 1. The van der Waals surface area contributed by atoms with E-state index in [1.54, 1.807) is 6.92 Å². The van der Waals surface area contributed by atoms with Crippen molar-refractivity contribution in [2.45, 2.75) is 20.3 Å². The van der Waals surface area contributed by atoms with Crippen molar-refractivity contribution in [3.8, 4) is 0 Å². The molecule has 5 nitrogen and oxygen atoms in total. The van der Waals surface area contributed by atoms with E-state index in [2.05, 4.69) is 5.32 Å². The molecule has 0 aliphatic rings. The molecule has 0 bridgehead atoms. The molecule has 1 aromatic carbocycles. The number of halogens is 2. The normalized spacial score (nSPS) is 13.9. The lowest BCUT2D eigenvalue weighted by atomic mass is 9.88. The van der Waals surface area contributed by atoms with Crippen LogP contribution in [-0.2, 0) is 0 Å². The largest absolute Gasteiger partial charge is 0.396 e. The lowest BCUT2D eigenvalue weighted by Gasteiger charge is -2.26. The summed E-state index contributed by atoms with van der Waals surface area (Å²) in [6.07, 6.45) is 0.585. The van der Waals surface area contributed by atoms with Gasteiger partial charge in [0.1, 0.15) is 0 Å². The van der Waals surface area contributed by atoms with E-state index in [1.807, 2.05) is 6.92 Å². The van der Waals surface area contributed by atoms with Crippen molar-refractivity contribution in [1.82, 2.24) is 0 Å². The second-order valence-corrected chi connectivity index (χ2v) is 4.69. The van der Waals surface area contributed by atoms with Crippen LogP contribution in [0.5, 0.6) is 0 Å². The Kier molecular flexibility index (Phi) is 4.77. The van der Waals surface area contributed by atoms with Gasteiger partial charge in [-0.2, -0.15) is 0 Å². The van der Waals surface area contributed by atoms with Crippen LogP contribution < -0.4 is 5.32 Å². The van der Waals surface area contributed by atoms with Crippen LogP contribution in [0, 0.1) is 27.2 Å². The number of aliphatic hydroxyl groups excluding tert-OH is 1. The van der Waals surface area contributed by atoms with Crippen LogP contribution in [-0.4, -0.2) is 23.2 Å². The first-order valence-electron chi connectivity index (χ1n) is 5.81. The van der Waals surface area contributed by atoms with Crippen LogP contribution in [0.2, 0.25) is 0 Å². The predicted molar refractivity (Wildman–Crippen MR) is 67.0 cm³/mol. The molecule has 1 unspecified atom stereocenters. The molecular formula is C12H16F2N2O3. The van der Waals surface area contributed by atoms with Gasteiger partial charge in [0.25, 0.3) is 5.69 Å². The number of nitro benzene ring substituents is 1. The fourth-order valence-electron chi connectivity index (χ4n) is 1.46. The van der Waals surface area contributed by atoms with E-state index in [-0.39, 0.29) is 13.2 Å².